The van der Waals surface area contributed by atoms with Gasteiger partial charge in [-0.2, -0.15) is 0 Å². The number of hydrogen-bond acceptors (Lipinski definition) is 0. The summed E-state index contributed by atoms with van der Waals surface area (Å²) >= 11 is 0. The van der Waals surface area contributed by atoms with Gasteiger partial charge in [0.05, 0.1) is 0 Å². The van der Waals surface area contributed by atoms with Crippen LogP contribution in [0, 0.1) is 29.6 Å². The highest BCUT2D eigenvalue weighted by atomic mass is 14.3. The molecule has 17 heavy (non-hydrogen) atoms. The van der Waals surface area contributed by atoms with Gasteiger partial charge in [0.25, 0.3) is 0 Å². The van der Waals surface area contributed by atoms with Crippen LogP contribution < -0.4 is 0 Å². The van der Waals surface area contributed by atoms with Gasteiger partial charge < -0.3 is 0 Å². The second kappa shape index (κ2) is 8.22. The molecule has 0 aromatic heterocycles. The van der Waals surface area contributed by atoms with Crippen LogP contribution in [0.25, 0.3) is 0 Å². The molecule has 0 nitrogen and oxygen atoms in total. The molecule has 0 bridgehead atoms. The molecule has 0 fully saturated rings. The Morgan fingerprint density at radius 3 is 1.41 bits per heavy atom. The lowest BCUT2D eigenvalue weighted by atomic mass is 9.60. The summed E-state index contributed by atoms with van der Waals surface area (Å²) in [4.78, 5) is 0. The lowest BCUT2D eigenvalue weighted by Gasteiger charge is -2.36. The van der Waals surface area contributed by atoms with Crippen molar-refractivity contribution in [2.75, 3.05) is 0 Å². The average molecular weight is 238 g/mol. The second-order valence-electron chi connectivity index (χ2n) is 7.19. The first-order valence-corrected chi connectivity index (χ1v) is 7.79. The Labute approximate surface area is 111 Å². The quantitative estimate of drug-likeness (QED) is 0.506. The van der Waals surface area contributed by atoms with E-state index in [4.69, 9.17) is 0 Å². The van der Waals surface area contributed by atoms with Gasteiger partial charge in [-0.3, -0.25) is 0 Å². The first-order chi connectivity index (χ1) is 7.79. The van der Waals surface area contributed by atoms with E-state index in [9.17, 15) is 0 Å². The van der Waals surface area contributed by atoms with Crippen LogP contribution in [0.5, 0.6) is 0 Å². The molecule has 3 unspecified atom stereocenters. The number of rotatable bonds is 8. The Morgan fingerprint density at radius 1 is 0.706 bits per heavy atom. The lowest BCUT2D eigenvalue weighted by Crippen LogP contribution is -2.27. The van der Waals surface area contributed by atoms with E-state index in [1.165, 1.54) is 20.1 Å². The predicted octanol–water partition coefficient (Wildman–Crippen LogP) is 5.26. The van der Waals surface area contributed by atoms with E-state index in [2.05, 4.69) is 55.3 Å². The normalized spacial score (nSPS) is 17.6. The van der Waals surface area contributed by atoms with Gasteiger partial charge in [0.15, 0.2) is 0 Å². The molecule has 0 N–H and O–H groups in total. The van der Waals surface area contributed by atoms with Crippen molar-refractivity contribution in [3.05, 3.63) is 0 Å². The maximum Gasteiger partial charge on any atom is 0.120 e. The minimum Gasteiger partial charge on any atom is -0.0891 e. The highest BCUT2D eigenvalue weighted by molar-refractivity contribution is 6.35. The van der Waals surface area contributed by atoms with Crippen molar-refractivity contribution in [1.29, 1.82) is 0 Å². The minimum absolute atomic E-state index is 0.828. The standard InChI is InChI=1S/C16H35B/c1-11(2)9-15(12(3)4)16(13(5)6)10-14(7)17-8/h11-17H,9-10H2,1-8H3. The van der Waals surface area contributed by atoms with Crippen LogP contribution >= 0.6 is 0 Å². The molecule has 0 aliphatic rings. The fraction of sp³-hybridized carbons (Fsp3) is 1.00. The van der Waals surface area contributed by atoms with E-state index in [1.807, 2.05) is 0 Å². The molecule has 1 heteroatoms. The fourth-order valence-electron chi connectivity index (χ4n) is 3.06. The molecule has 0 radical (unpaired) electrons. The molecule has 0 aromatic rings. The zero-order valence-electron chi connectivity index (χ0n) is 13.6. The van der Waals surface area contributed by atoms with Crippen LogP contribution in [0.1, 0.15) is 61.3 Å². The first kappa shape index (κ1) is 17.1. The van der Waals surface area contributed by atoms with Gasteiger partial charge in [0, 0.05) is 0 Å². The Bertz CT molecular complexity index is 184. The van der Waals surface area contributed by atoms with E-state index in [0.717, 1.165) is 35.4 Å². The Balaban J connectivity index is 4.70. The summed E-state index contributed by atoms with van der Waals surface area (Å²) < 4.78 is 0. The molecule has 0 heterocycles. The van der Waals surface area contributed by atoms with Gasteiger partial charge in [-0.1, -0.05) is 67.5 Å². The molecule has 0 saturated carbocycles. The van der Waals surface area contributed by atoms with Crippen LogP contribution in [0.3, 0.4) is 0 Å². The van der Waals surface area contributed by atoms with Gasteiger partial charge >= 0.3 is 0 Å². The van der Waals surface area contributed by atoms with Crippen LogP contribution in [0.15, 0.2) is 0 Å². The van der Waals surface area contributed by atoms with Crippen LogP contribution in [0.4, 0.5) is 0 Å². The molecule has 3 atom stereocenters. The molecule has 0 aromatic carbocycles. The van der Waals surface area contributed by atoms with Crippen molar-refractivity contribution in [2.24, 2.45) is 29.6 Å². The lowest BCUT2D eigenvalue weighted by molar-refractivity contribution is 0.156. The Morgan fingerprint density at radius 2 is 1.12 bits per heavy atom. The Hall–Kier alpha value is 0.0649. The summed E-state index contributed by atoms with van der Waals surface area (Å²) in [6.07, 6.45) is 2.82. The van der Waals surface area contributed by atoms with E-state index in [0.29, 0.717) is 0 Å². The van der Waals surface area contributed by atoms with Crippen molar-refractivity contribution in [3.8, 4) is 0 Å². The molecule has 102 valence electrons. The third-order valence-electron chi connectivity index (χ3n) is 4.38. The van der Waals surface area contributed by atoms with E-state index in [1.54, 1.807) is 0 Å². The summed E-state index contributed by atoms with van der Waals surface area (Å²) in [6, 6.07) is 0. The zero-order valence-corrected chi connectivity index (χ0v) is 13.6. The summed E-state index contributed by atoms with van der Waals surface area (Å²) in [5, 5.41) is 0. The van der Waals surface area contributed by atoms with Gasteiger partial charge in [-0.25, -0.2) is 0 Å². The summed E-state index contributed by atoms with van der Waals surface area (Å²) in [7, 11) is 1.33. The molecule has 0 amide bonds. The zero-order chi connectivity index (χ0) is 13.6. The maximum absolute atomic E-state index is 2.42. The van der Waals surface area contributed by atoms with Crippen molar-refractivity contribution >= 4 is 7.28 Å². The smallest absolute Gasteiger partial charge is 0.0891 e. The predicted molar refractivity (Wildman–Crippen MR) is 83.2 cm³/mol. The van der Waals surface area contributed by atoms with Crippen LogP contribution in [-0.4, -0.2) is 7.28 Å². The van der Waals surface area contributed by atoms with Gasteiger partial charge in [0.2, 0.25) is 0 Å². The van der Waals surface area contributed by atoms with Gasteiger partial charge in [0.1, 0.15) is 7.28 Å². The van der Waals surface area contributed by atoms with Crippen molar-refractivity contribution in [2.45, 2.75) is 73.9 Å². The van der Waals surface area contributed by atoms with Crippen LogP contribution in [-0.2, 0) is 0 Å². The molecule has 0 rings (SSSR count). The largest absolute Gasteiger partial charge is 0.120 e. The number of hydrogen-bond donors (Lipinski definition) is 0. The summed E-state index contributed by atoms with van der Waals surface area (Å²) in [5.41, 5.74) is 0. The maximum atomic E-state index is 2.42. The van der Waals surface area contributed by atoms with Crippen molar-refractivity contribution in [3.63, 3.8) is 0 Å². The first-order valence-electron chi connectivity index (χ1n) is 7.79. The summed E-state index contributed by atoms with van der Waals surface area (Å²) in [5.74, 6) is 5.19. The molecular weight excluding hydrogens is 203 g/mol. The third kappa shape index (κ3) is 6.53. The highest BCUT2D eigenvalue weighted by Crippen LogP contribution is 2.37. The monoisotopic (exact) mass is 238 g/mol. The Kier molecular flexibility index (Phi) is 8.25. The SMILES string of the molecule is CBC(C)CC(C(C)C)C(CC(C)C)C(C)C. The second-order valence-corrected chi connectivity index (χ2v) is 7.19. The van der Waals surface area contributed by atoms with Gasteiger partial charge in [-0.05, 0) is 36.0 Å². The molecule has 0 saturated heterocycles. The molecule has 0 aliphatic heterocycles. The van der Waals surface area contributed by atoms with Crippen molar-refractivity contribution < 1.29 is 0 Å². The van der Waals surface area contributed by atoms with Crippen LogP contribution in [0.2, 0.25) is 12.6 Å². The average Bonchev–Trinajstić information content (AvgIpc) is 2.21. The van der Waals surface area contributed by atoms with E-state index >= 15 is 0 Å². The van der Waals surface area contributed by atoms with Crippen molar-refractivity contribution in [1.82, 2.24) is 0 Å². The topological polar surface area (TPSA) is 0 Å². The third-order valence-corrected chi connectivity index (χ3v) is 4.38. The molecular formula is C16H35B. The van der Waals surface area contributed by atoms with Gasteiger partial charge in [-0.15, -0.1) is 0 Å². The van der Waals surface area contributed by atoms with E-state index in [-0.39, 0.29) is 0 Å². The van der Waals surface area contributed by atoms with E-state index < -0.39 is 0 Å². The molecule has 0 aliphatic carbocycles. The summed E-state index contributed by atoms with van der Waals surface area (Å²) in [6.45, 7) is 19.2. The highest BCUT2D eigenvalue weighted by Gasteiger charge is 2.28. The molecule has 0 spiro atoms. The minimum atomic E-state index is 0.828. The fourth-order valence-corrected chi connectivity index (χ4v) is 3.06.